The summed E-state index contributed by atoms with van der Waals surface area (Å²) < 4.78 is 30.2. The molecule has 25 heavy (non-hydrogen) atoms. The summed E-state index contributed by atoms with van der Waals surface area (Å²) in [6, 6.07) is 15.0. The van der Waals surface area contributed by atoms with Crippen LogP contribution in [0.1, 0.15) is 28.8 Å². The molecular formula is C19H21NO4S. The number of sulfone groups is 1. The van der Waals surface area contributed by atoms with E-state index in [1.807, 2.05) is 0 Å². The lowest BCUT2D eigenvalue weighted by Gasteiger charge is -2.11. The first kappa shape index (κ1) is 17.6. The fraction of sp³-hybridized carbons (Fsp3) is 0.316. The summed E-state index contributed by atoms with van der Waals surface area (Å²) in [5.41, 5.74) is 1.17. The van der Waals surface area contributed by atoms with Crippen molar-refractivity contribution in [3.05, 3.63) is 65.7 Å². The minimum Gasteiger partial charge on any atom is -0.376 e. The number of carbonyl (C=O) groups excluding carboxylic acids is 1. The van der Waals surface area contributed by atoms with Crippen LogP contribution < -0.4 is 5.32 Å². The summed E-state index contributed by atoms with van der Waals surface area (Å²) in [6.07, 6.45) is 2.10. The molecule has 1 N–H and O–H groups in total. The summed E-state index contributed by atoms with van der Waals surface area (Å²) >= 11 is 0. The Hall–Kier alpha value is -2.18. The van der Waals surface area contributed by atoms with E-state index in [-0.39, 0.29) is 17.8 Å². The molecule has 6 heteroatoms. The van der Waals surface area contributed by atoms with Crippen molar-refractivity contribution < 1.29 is 17.9 Å². The Balaban J connectivity index is 1.61. The minimum atomic E-state index is -3.38. The molecule has 2 aromatic carbocycles. The summed E-state index contributed by atoms with van der Waals surface area (Å²) in [5, 5.41) is 2.85. The molecule has 1 aliphatic rings. The molecule has 3 rings (SSSR count). The highest BCUT2D eigenvalue weighted by atomic mass is 32.2. The van der Waals surface area contributed by atoms with Crippen LogP contribution in [-0.4, -0.2) is 33.6 Å². The van der Waals surface area contributed by atoms with Gasteiger partial charge in [-0.3, -0.25) is 4.79 Å². The van der Waals surface area contributed by atoms with Crippen molar-refractivity contribution in [2.75, 3.05) is 13.2 Å². The second-order valence-corrected chi connectivity index (χ2v) is 8.10. The third-order valence-corrected chi connectivity index (χ3v) is 5.89. The van der Waals surface area contributed by atoms with E-state index in [9.17, 15) is 13.2 Å². The molecule has 1 saturated heterocycles. The number of hydrogen-bond donors (Lipinski definition) is 1. The molecule has 0 aromatic heterocycles. The summed E-state index contributed by atoms with van der Waals surface area (Å²) in [6.45, 7) is 1.26. The van der Waals surface area contributed by atoms with Crippen molar-refractivity contribution >= 4 is 15.7 Å². The maximum absolute atomic E-state index is 12.4. The van der Waals surface area contributed by atoms with Crippen LogP contribution in [0.25, 0.3) is 0 Å². The first-order valence-corrected chi connectivity index (χ1v) is 9.96. The fourth-order valence-electron chi connectivity index (χ4n) is 2.80. The molecule has 0 radical (unpaired) electrons. The monoisotopic (exact) mass is 359 g/mol. The van der Waals surface area contributed by atoms with Crippen LogP contribution in [0.15, 0.2) is 59.5 Å². The number of rotatable bonds is 6. The van der Waals surface area contributed by atoms with E-state index >= 15 is 0 Å². The quantitative estimate of drug-likeness (QED) is 0.860. The van der Waals surface area contributed by atoms with Crippen molar-refractivity contribution in [2.24, 2.45) is 0 Å². The molecule has 0 unspecified atom stereocenters. The van der Waals surface area contributed by atoms with Gasteiger partial charge in [0.1, 0.15) is 0 Å². The van der Waals surface area contributed by atoms with Crippen molar-refractivity contribution in [3.63, 3.8) is 0 Å². The lowest BCUT2D eigenvalue weighted by atomic mass is 10.1. The van der Waals surface area contributed by atoms with Gasteiger partial charge in [0.15, 0.2) is 9.84 Å². The Morgan fingerprint density at radius 3 is 2.44 bits per heavy atom. The maximum Gasteiger partial charge on any atom is 0.251 e. The highest BCUT2D eigenvalue weighted by Crippen LogP contribution is 2.17. The number of benzene rings is 2. The first-order chi connectivity index (χ1) is 12.0. The average molecular weight is 359 g/mol. The SMILES string of the molecule is O=C(NC[C@H]1CCCO1)c1ccc(CS(=O)(=O)c2ccccc2)cc1. The molecular weight excluding hydrogens is 338 g/mol. The van der Waals surface area contributed by atoms with E-state index < -0.39 is 9.84 Å². The smallest absolute Gasteiger partial charge is 0.251 e. The minimum absolute atomic E-state index is 0.0885. The van der Waals surface area contributed by atoms with Gasteiger partial charge in [-0.05, 0) is 42.7 Å². The zero-order valence-electron chi connectivity index (χ0n) is 13.9. The van der Waals surface area contributed by atoms with Gasteiger partial charge in [-0.25, -0.2) is 8.42 Å². The third-order valence-electron chi connectivity index (χ3n) is 4.19. The van der Waals surface area contributed by atoms with Crippen LogP contribution in [0.5, 0.6) is 0 Å². The lowest BCUT2D eigenvalue weighted by Crippen LogP contribution is -2.31. The molecule has 5 nitrogen and oxygen atoms in total. The Bertz CT molecular complexity index is 810. The molecule has 0 saturated carbocycles. The number of amides is 1. The highest BCUT2D eigenvalue weighted by Gasteiger charge is 2.17. The van der Waals surface area contributed by atoms with Crippen LogP contribution in [0, 0.1) is 0 Å². The predicted molar refractivity (Wildman–Crippen MR) is 95.1 cm³/mol. The maximum atomic E-state index is 12.4. The molecule has 1 atom stereocenters. The van der Waals surface area contributed by atoms with E-state index in [1.165, 1.54) is 0 Å². The van der Waals surface area contributed by atoms with Crippen molar-refractivity contribution in [3.8, 4) is 0 Å². The van der Waals surface area contributed by atoms with E-state index in [4.69, 9.17) is 4.74 Å². The summed E-state index contributed by atoms with van der Waals surface area (Å²) in [5.74, 6) is -0.262. The summed E-state index contributed by atoms with van der Waals surface area (Å²) in [4.78, 5) is 12.4. The number of carbonyl (C=O) groups is 1. The normalized spacial score (nSPS) is 17.4. The highest BCUT2D eigenvalue weighted by molar-refractivity contribution is 7.90. The number of nitrogens with one attached hydrogen (secondary N) is 1. The predicted octanol–water partition coefficient (Wildman–Crippen LogP) is 2.57. The molecule has 2 aromatic rings. The van der Waals surface area contributed by atoms with Crippen molar-refractivity contribution in [1.29, 1.82) is 0 Å². The van der Waals surface area contributed by atoms with E-state index in [0.29, 0.717) is 22.6 Å². The van der Waals surface area contributed by atoms with E-state index in [1.54, 1.807) is 54.6 Å². The molecule has 1 fully saturated rings. The van der Waals surface area contributed by atoms with Gasteiger partial charge in [-0.1, -0.05) is 30.3 Å². The van der Waals surface area contributed by atoms with Gasteiger partial charge in [0.25, 0.3) is 5.91 Å². The Kier molecular flexibility index (Phi) is 5.50. The van der Waals surface area contributed by atoms with Gasteiger partial charge in [-0.2, -0.15) is 0 Å². The zero-order chi connectivity index (χ0) is 17.7. The molecule has 1 aliphatic heterocycles. The fourth-order valence-corrected chi connectivity index (χ4v) is 4.17. The lowest BCUT2D eigenvalue weighted by molar-refractivity contribution is 0.0858. The standard InChI is InChI=1S/C19H21NO4S/c21-19(20-13-17-5-4-12-24-17)16-10-8-15(9-11-16)14-25(22,23)18-6-2-1-3-7-18/h1-3,6-11,17H,4-5,12-14H2,(H,20,21)/t17-/m1/s1. The van der Waals surface area contributed by atoms with Crippen molar-refractivity contribution in [2.45, 2.75) is 29.6 Å². The van der Waals surface area contributed by atoms with E-state index in [0.717, 1.165) is 19.4 Å². The second kappa shape index (κ2) is 7.80. The molecule has 1 amide bonds. The van der Waals surface area contributed by atoms with Crippen molar-refractivity contribution in [1.82, 2.24) is 5.32 Å². The third kappa shape index (κ3) is 4.67. The van der Waals surface area contributed by atoms with Crippen LogP contribution in [0.4, 0.5) is 0 Å². The Labute approximate surface area is 147 Å². The molecule has 1 heterocycles. The topological polar surface area (TPSA) is 72.5 Å². The number of hydrogen-bond acceptors (Lipinski definition) is 4. The largest absolute Gasteiger partial charge is 0.376 e. The first-order valence-electron chi connectivity index (χ1n) is 8.31. The van der Waals surface area contributed by atoms with Gasteiger partial charge in [0, 0.05) is 18.7 Å². The summed E-state index contributed by atoms with van der Waals surface area (Å²) in [7, 11) is -3.38. The van der Waals surface area contributed by atoms with Crippen LogP contribution in [-0.2, 0) is 20.3 Å². The van der Waals surface area contributed by atoms with E-state index in [2.05, 4.69) is 5.32 Å². The zero-order valence-corrected chi connectivity index (χ0v) is 14.7. The molecule has 0 spiro atoms. The second-order valence-electron chi connectivity index (χ2n) is 6.11. The van der Waals surface area contributed by atoms with Crippen LogP contribution in [0.3, 0.4) is 0 Å². The van der Waals surface area contributed by atoms with Gasteiger partial charge >= 0.3 is 0 Å². The van der Waals surface area contributed by atoms with Gasteiger partial charge in [-0.15, -0.1) is 0 Å². The molecule has 0 aliphatic carbocycles. The average Bonchev–Trinajstić information content (AvgIpc) is 3.14. The molecule has 0 bridgehead atoms. The van der Waals surface area contributed by atoms with Gasteiger partial charge in [0.05, 0.1) is 16.8 Å². The van der Waals surface area contributed by atoms with Crippen LogP contribution >= 0.6 is 0 Å². The van der Waals surface area contributed by atoms with Gasteiger partial charge < -0.3 is 10.1 Å². The van der Waals surface area contributed by atoms with Gasteiger partial charge in [0.2, 0.25) is 0 Å². The molecule has 132 valence electrons. The number of ether oxygens (including phenoxy) is 1. The Morgan fingerprint density at radius 1 is 1.08 bits per heavy atom. The van der Waals surface area contributed by atoms with Crippen LogP contribution in [0.2, 0.25) is 0 Å². The Morgan fingerprint density at radius 2 is 1.80 bits per heavy atom.